The van der Waals surface area contributed by atoms with Crippen LogP contribution in [0.5, 0.6) is 0 Å². The van der Waals surface area contributed by atoms with Crippen LogP contribution in [0.1, 0.15) is 5.56 Å². The van der Waals surface area contributed by atoms with E-state index in [0.717, 1.165) is 36.3 Å². The maximum atomic E-state index is 4.51. The lowest BCUT2D eigenvalue weighted by Gasteiger charge is -2.07. The van der Waals surface area contributed by atoms with Gasteiger partial charge in [0.05, 0.1) is 0 Å². The highest BCUT2D eigenvalue weighted by Gasteiger charge is 2.18. The second-order valence-electron chi connectivity index (χ2n) is 5.69. The van der Waals surface area contributed by atoms with Crippen LogP contribution in [0, 0.1) is 6.92 Å². The van der Waals surface area contributed by atoms with E-state index in [1.165, 1.54) is 17.3 Å². The minimum absolute atomic E-state index is 0.617. The zero-order chi connectivity index (χ0) is 18.8. The van der Waals surface area contributed by atoms with E-state index in [4.69, 9.17) is 0 Å². The fraction of sp³-hybridized carbons (Fsp3) is 0.167. The van der Waals surface area contributed by atoms with Gasteiger partial charge < -0.3 is 0 Å². The average molecular weight is 413 g/mol. The van der Waals surface area contributed by atoms with Gasteiger partial charge in [0.25, 0.3) is 0 Å². The van der Waals surface area contributed by atoms with Crippen LogP contribution < -0.4 is 0 Å². The molecule has 0 aliphatic carbocycles. The molecule has 1 aromatic carbocycles. The van der Waals surface area contributed by atoms with Crippen molar-refractivity contribution in [1.82, 2.24) is 29.7 Å². The highest BCUT2D eigenvalue weighted by molar-refractivity contribution is 8.00. The SMILES string of the molecule is C=CCn1c(Sc2ncnc3nc(SC)sc23)nnc1-c1ccc(C)cc1. The van der Waals surface area contributed by atoms with Crippen molar-refractivity contribution >= 4 is 45.2 Å². The number of nitrogens with zero attached hydrogens (tertiary/aromatic N) is 6. The number of benzene rings is 1. The van der Waals surface area contributed by atoms with E-state index in [-0.39, 0.29) is 0 Å². The molecule has 6 nitrogen and oxygen atoms in total. The van der Waals surface area contributed by atoms with Gasteiger partial charge in [-0.2, -0.15) is 0 Å². The Kier molecular flexibility index (Phi) is 5.24. The highest BCUT2D eigenvalue weighted by atomic mass is 32.2. The summed E-state index contributed by atoms with van der Waals surface area (Å²) in [4.78, 5) is 13.2. The van der Waals surface area contributed by atoms with Crippen molar-refractivity contribution in [1.29, 1.82) is 0 Å². The molecule has 4 aromatic rings. The molecule has 0 bridgehead atoms. The van der Waals surface area contributed by atoms with Crippen molar-refractivity contribution in [2.75, 3.05) is 6.26 Å². The molecule has 0 atom stereocenters. The predicted octanol–water partition coefficient (Wildman–Crippen LogP) is 4.71. The van der Waals surface area contributed by atoms with Crippen LogP contribution in [0.2, 0.25) is 0 Å². The van der Waals surface area contributed by atoms with E-state index in [1.807, 2.05) is 16.9 Å². The van der Waals surface area contributed by atoms with Crippen molar-refractivity contribution in [2.24, 2.45) is 0 Å². The van der Waals surface area contributed by atoms with Gasteiger partial charge in [-0.3, -0.25) is 4.57 Å². The van der Waals surface area contributed by atoms with E-state index >= 15 is 0 Å². The van der Waals surface area contributed by atoms with E-state index in [0.29, 0.717) is 6.54 Å². The quantitative estimate of drug-likeness (QED) is 0.258. The first-order valence-corrected chi connectivity index (χ1v) is 11.0. The smallest absolute Gasteiger partial charge is 0.198 e. The molecule has 0 saturated carbocycles. The van der Waals surface area contributed by atoms with Gasteiger partial charge in [0.15, 0.2) is 21.0 Å². The third-order valence-corrected chi connectivity index (χ3v) is 6.99. The largest absolute Gasteiger partial charge is 0.298 e. The molecule has 136 valence electrons. The summed E-state index contributed by atoms with van der Waals surface area (Å²) >= 11 is 4.68. The van der Waals surface area contributed by atoms with Crippen LogP contribution in [0.25, 0.3) is 21.7 Å². The molecule has 9 heteroatoms. The molecule has 0 N–H and O–H groups in total. The molecular formula is C18H16N6S3. The summed E-state index contributed by atoms with van der Waals surface area (Å²) in [6, 6.07) is 8.27. The molecular weight excluding hydrogens is 396 g/mol. The normalized spacial score (nSPS) is 11.2. The molecule has 0 unspecified atom stereocenters. The van der Waals surface area contributed by atoms with Gasteiger partial charge >= 0.3 is 0 Å². The highest BCUT2D eigenvalue weighted by Crippen LogP contribution is 2.36. The van der Waals surface area contributed by atoms with Crippen LogP contribution in [-0.2, 0) is 6.54 Å². The molecule has 0 amide bonds. The summed E-state index contributed by atoms with van der Waals surface area (Å²) in [5.74, 6) is 0.816. The number of fused-ring (bicyclic) bond motifs is 1. The number of aryl methyl sites for hydroxylation is 1. The Morgan fingerprint density at radius 2 is 2.00 bits per heavy atom. The number of rotatable bonds is 6. The van der Waals surface area contributed by atoms with Crippen LogP contribution in [0.3, 0.4) is 0 Å². The second-order valence-corrected chi connectivity index (χ2v) is 8.70. The van der Waals surface area contributed by atoms with Crippen molar-refractivity contribution in [3.05, 3.63) is 48.8 Å². The number of hydrogen-bond donors (Lipinski definition) is 0. The summed E-state index contributed by atoms with van der Waals surface area (Å²) in [6.07, 6.45) is 5.40. The lowest BCUT2D eigenvalue weighted by atomic mass is 10.1. The molecule has 0 radical (unpaired) electrons. The number of thioether (sulfide) groups is 1. The molecule has 3 heterocycles. The number of aromatic nitrogens is 6. The third kappa shape index (κ3) is 3.62. The molecule has 27 heavy (non-hydrogen) atoms. The molecule has 0 aliphatic rings. The molecule has 0 aliphatic heterocycles. The first-order valence-electron chi connectivity index (χ1n) is 8.14. The Bertz CT molecular complexity index is 1100. The van der Waals surface area contributed by atoms with Crippen LogP contribution in [0.4, 0.5) is 0 Å². The monoisotopic (exact) mass is 412 g/mol. The molecule has 4 rings (SSSR count). The Labute approximate surface area is 169 Å². The summed E-state index contributed by atoms with van der Waals surface area (Å²) in [5.41, 5.74) is 2.95. The average Bonchev–Trinajstić information content (AvgIpc) is 3.28. The fourth-order valence-electron chi connectivity index (χ4n) is 2.53. The van der Waals surface area contributed by atoms with Gasteiger partial charge in [0.2, 0.25) is 0 Å². The fourth-order valence-corrected chi connectivity index (χ4v) is 4.99. The molecule has 0 fully saturated rings. The van der Waals surface area contributed by atoms with Gasteiger partial charge in [0.1, 0.15) is 16.1 Å². The number of thiazole rings is 1. The molecule has 0 spiro atoms. The second kappa shape index (κ2) is 7.79. The Hall–Kier alpha value is -2.23. The van der Waals surface area contributed by atoms with Gasteiger partial charge in [-0.1, -0.05) is 47.7 Å². The minimum Gasteiger partial charge on any atom is -0.298 e. The maximum absolute atomic E-state index is 4.51. The van der Waals surface area contributed by atoms with E-state index in [2.05, 4.69) is 62.9 Å². The zero-order valence-corrected chi connectivity index (χ0v) is 17.2. The summed E-state index contributed by atoms with van der Waals surface area (Å²) in [7, 11) is 0. The summed E-state index contributed by atoms with van der Waals surface area (Å²) in [6.45, 7) is 6.56. The van der Waals surface area contributed by atoms with Crippen LogP contribution in [0.15, 0.2) is 57.8 Å². The Morgan fingerprint density at radius 1 is 1.19 bits per heavy atom. The molecule has 3 aromatic heterocycles. The van der Waals surface area contributed by atoms with Crippen molar-refractivity contribution in [3.8, 4) is 11.4 Å². The van der Waals surface area contributed by atoms with Gasteiger partial charge in [-0.05, 0) is 24.9 Å². The standard InChI is InChI=1S/C18H16N6S3/c1-4-9-24-15(12-7-5-11(2)6-8-12)22-23-17(24)27-16-13-14(19-10-20-16)21-18(25-3)26-13/h4-8,10H,1,9H2,2-3H3. The zero-order valence-electron chi connectivity index (χ0n) is 14.8. The minimum atomic E-state index is 0.617. The van der Waals surface area contributed by atoms with E-state index < -0.39 is 0 Å². The Morgan fingerprint density at radius 3 is 2.74 bits per heavy atom. The van der Waals surface area contributed by atoms with Crippen molar-refractivity contribution in [3.63, 3.8) is 0 Å². The Balaban J connectivity index is 1.75. The van der Waals surface area contributed by atoms with Crippen molar-refractivity contribution in [2.45, 2.75) is 28.0 Å². The lowest BCUT2D eigenvalue weighted by Crippen LogP contribution is -2.00. The molecule has 0 saturated heterocycles. The summed E-state index contributed by atoms with van der Waals surface area (Å²) < 4.78 is 3.99. The predicted molar refractivity (Wildman–Crippen MR) is 112 cm³/mol. The number of allylic oxidation sites excluding steroid dienone is 1. The first kappa shape index (κ1) is 18.1. The van der Waals surface area contributed by atoms with Gasteiger partial charge in [0, 0.05) is 12.1 Å². The summed E-state index contributed by atoms with van der Waals surface area (Å²) in [5, 5.41) is 10.4. The van der Waals surface area contributed by atoms with E-state index in [1.54, 1.807) is 29.4 Å². The van der Waals surface area contributed by atoms with Gasteiger partial charge in [-0.15, -0.1) is 28.1 Å². The number of hydrogen-bond acceptors (Lipinski definition) is 8. The first-order chi connectivity index (χ1) is 13.2. The topological polar surface area (TPSA) is 69.4 Å². The lowest BCUT2D eigenvalue weighted by molar-refractivity contribution is 0.730. The maximum Gasteiger partial charge on any atom is 0.198 e. The van der Waals surface area contributed by atoms with Crippen molar-refractivity contribution < 1.29 is 0 Å². The van der Waals surface area contributed by atoms with Crippen LogP contribution in [-0.4, -0.2) is 36.0 Å². The van der Waals surface area contributed by atoms with E-state index in [9.17, 15) is 0 Å². The van der Waals surface area contributed by atoms with Crippen LogP contribution >= 0.6 is 34.9 Å². The third-order valence-electron chi connectivity index (χ3n) is 3.84. The van der Waals surface area contributed by atoms with Gasteiger partial charge in [-0.25, -0.2) is 15.0 Å².